The zero-order chi connectivity index (χ0) is 33.8. The van der Waals surface area contributed by atoms with Crippen LogP contribution in [0.25, 0.3) is 0 Å². The van der Waals surface area contributed by atoms with Crippen LogP contribution in [0.2, 0.25) is 0 Å². The minimum atomic E-state index is -0.422. The molecule has 0 saturated heterocycles. The van der Waals surface area contributed by atoms with Crippen molar-refractivity contribution in [3.63, 3.8) is 0 Å². The Morgan fingerprint density at radius 1 is 0.522 bits per heavy atom. The molecule has 0 aromatic rings. The lowest BCUT2D eigenvalue weighted by Gasteiger charge is -2.21. The number of rotatable bonds is 33. The van der Waals surface area contributed by atoms with Gasteiger partial charge in [0.2, 0.25) is 0 Å². The van der Waals surface area contributed by atoms with Gasteiger partial charge in [-0.05, 0) is 91.1 Å². The zero-order valence-electron chi connectivity index (χ0n) is 30.7. The molecule has 1 unspecified atom stereocenters. The predicted molar refractivity (Wildman–Crippen MR) is 198 cm³/mol. The Morgan fingerprint density at radius 2 is 0.913 bits per heavy atom. The van der Waals surface area contributed by atoms with Crippen LogP contribution in [0, 0.1) is 0 Å². The average Bonchev–Trinajstić information content (AvgIpc) is 3.03. The lowest BCUT2D eigenvalue weighted by atomic mass is 10.1. The smallest absolute Gasteiger partial charge is 0.306 e. The summed E-state index contributed by atoms with van der Waals surface area (Å²) < 4.78 is 11.2. The van der Waals surface area contributed by atoms with Crippen molar-refractivity contribution in [1.82, 2.24) is 4.90 Å². The average molecular weight is 644 g/mol. The van der Waals surface area contributed by atoms with Gasteiger partial charge in [0.05, 0.1) is 0 Å². The maximum atomic E-state index is 12.4. The zero-order valence-corrected chi connectivity index (χ0v) is 30.7. The minimum absolute atomic E-state index is 0.130. The molecule has 0 aliphatic rings. The standard InChI is InChI=1S/C41H73NO4/c1-5-7-9-11-13-15-17-19-21-23-25-27-29-31-33-35-40(43)45-38-39(37-42(3)4)46-41(44)36-34-32-30-28-26-24-22-20-18-16-14-12-10-8-6-2/h13-16,19-22,39H,5-12,17-18,23-38H2,1-4H3. The van der Waals surface area contributed by atoms with Crippen molar-refractivity contribution < 1.29 is 19.1 Å². The van der Waals surface area contributed by atoms with Gasteiger partial charge in [0.25, 0.3) is 0 Å². The van der Waals surface area contributed by atoms with Gasteiger partial charge in [-0.15, -0.1) is 0 Å². The number of unbranched alkanes of at least 4 members (excludes halogenated alkanes) is 16. The fourth-order valence-electron chi connectivity index (χ4n) is 5.20. The third-order valence-electron chi connectivity index (χ3n) is 7.96. The molecule has 0 spiro atoms. The maximum absolute atomic E-state index is 12.4. The van der Waals surface area contributed by atoms with E-state index in [2.05, 4.69) is 62.5 Å². The van der Waals surface area contributed by atoms with Crippen LogP contribution >= 0.6 is 0 Å². The quantitative estimate of drug-likeness (QED) is 0.0404. The van der Waals surface area contributed by atoms with Gasteiger partial charge in [-0.1, -0.05) is 127 Å². The first-order valence-electron chi connectivity index (χ1n) is 19.1. The third-order valence-corrected chi connectivity index (χ3v) is 7.96. The van der Waals surface area contributed by atoms with E-state index in [0.717, 1.165) is 64.2 Å². The van der Waals surface area contributed by atoms with Crippen molar-refractivity contribution in [3.05, 3.63) is 48.6 Å². The van der Waals surface area contributed by atoms with E-state index in [1.807, 2.05) is 19.0 Å². The molecule has 5 nitrogen and oxygen atoms in total. The number of esters is 2. The van der Waals surface area contributed by atoms with Gasteiger partial charge in [-0.25, -0.2) is 0 Å². The number of carbonyl (C=O) groups excluding carboxylic acids is 2. The highest BCUT2D eigenvalue weighted by Crippen LogP contribution is 2.11. The summed E-state index contributed by atoms with van der Waals surface area (Å²) in [6.07, 6.45) is 44.2. The molecule has 0 amide bonds. The second-order valence-corrected chi connectivity index (χ2v) is 13.0. The van der Waals surface area contributed by atoms with E-state index in [1.165, 1.54) is 77.0 Å². The van der Waals surface area contributed by atoms with Crippen LogP contribution in [0.3, 0.4) is 0 Å². The number of nitrogens with zero attached hydrogens (tertiary/aromatic N) is 1. The summed E-state index contributed by atoms with van der Waals surface area (Å²) in [7, 11) is 3.87. The number of ether oxygens (including phenoxy) is 2. The van der Waals surface area contributed by atoms with Crippen LogP contribution in [0.1, 0.15) is 168 Å². The van der Waals surface area contributed by atoms with E-state index in [4.69, 9.17) is 9.47 Å². The van der Waals surface area contributed by atoms with Crippen LogP contribution < -0.4 is 0 Å². The summed E-state index contributed by atoms with van der Waals surface area (Å²) in [6, 6.07) is 0. The Labute approximate surface area is 285 Å². The van der Waals surface area contributed by atoms with Crippen molar-refractivity contribution in [3.8, 4) is 0 Å². The molecule has 1 atom stereocenters. The maximum Gasteiger partial charge on any atom is 0.306 e. The second-order valence-electron chi connectivity index (χ2n) is 13.0. The van der Waals surface area contributed by atoms with E-state index in [0.29, 0.717) is 19.4 Å². The molecule has 0 N–H and O–H groups in total. The van der Waals surface area contributed by atoms with Crippen molar-refractivity contribution >= 4 is 11.9 Å². The first kappa shape index (κ1) is 43.9. The summed E-state index contributed by atoms with van der Waals surface area (Å²) in [5.41, 5.74) is 0. The normalized spacial score (nSPS) is 12.8. The number of hydrogen-bond acceptors (Lipinski definition) is 5. The SMILES string of the molecule is CCCCCC=CCC=CCCCCCCCC(=O)OCC(CN(C)C)OC(=O)CCCCCCCC=CCC=CCCCCC. The molecule has 46 heavy (non-hydrogen) atoms. The molecule has 0 saturated carbocycles. The molecular weight excluding hydrogens is 570 g/mol. The molecule has 5 heteroatoms. The molecule has 0 aromatic carbocycles. The Hall–Kier alpha value is -2.14. The molecule has 0 aliphatic heterocycles. The van der Waals surface area contributed by atoms with Gasteiger partial charge >= 0.3 is 11.9 Å². The Bertz CT molecular complexity index is 798. The topological polar surface area (TPSA) is 55.8 Å². The highest BCUT2D eigenvalue weighted by Gasteiger charge is 2.18. The van der Waals surface area contributed by atoms with Crippen molar-refractivity contribution in [1.29, 1.82) is 0 Å². The fraction of sp³-hybridized carbons (Fsp3) is 0.756. The van der Waals surface area contributed by atoms with Gasteiger partial charge in [0, 0.05) is 19.4 Å². The molecule has 0 radical (unpaired) electrons. The van der Waals surface area contributed by atoms with Crippen LogP contribution in [-0.2, 0) is 19.1 Å². The second kappa shape index (κ2) is 35.7. The highest BCUT2D eigenvalue weighted by molar-refractivity contribution is 5.70. The number of hydrogen-bond donors (Lipinski definition) is 0. The molecule has 0 fully saturated rings. The Balaban J connectivity index is 3.84. The van der Waals surface area contributed by atoms with Crippen LogP contribution in [-0.4, -0.2) is 50.2 Å². The first-order valence-corrected chi connectivity index (χ1v) is 19.1. The Kier molecular flexibility index (Phi) is 34.0. The molecule has 0 rings (SSSR count). The number of carbonyl (C=O) groups is 2. The number of likely N-dealkylation sites (N-methyl/N-ethyl adjacent to an activating group) is 1. The van der Waals surface area contributed by atoms with E-state index in [9.17, 15) is 9.59 Å². The van der Waals surface area contributed by atoms with Crippen molar-refractivity contribution in [2.45, 2.75) is 174 Å². The van der Waals surface area contributed by atoms with Crippen molar-refractivity contribution in [2.24, 2.45) is 0 Å². The molecule has 0 bridgehead atoms. The fourth-order valence-corrected chi connectivity index (χ4v) is 5.20. The largest absolute Gasteiger partial charge is 0.462 e. The Morgan fingerprint density at radius 3 is 1.35 bits per heavy atom. The molecule has 0 aliphatic carbocycles. The highest BCUT2D eigenvalue weighted by atomic mass is 16.6. The van der Waals surface area contributed by atoms with Crippen molar-refractivity contribution in [2.75, 3.05) is 27.2 Å². The first-order chi connectivity index (χ1) is 22.5. The summed E-state index contributed by atoms with van der Waals surface area (Å²) in [6.45, 7) is 5.16. The van der Waals surface area contributed by atoms with Gasteiger partial charge in [-0.3, -0.25) is 9.59 Å². The van der Waals surface area contributed by atoms with E-state index >= 15 is 0 Å². The minimum Gasteiger partial charge on any atom is -0.462 e. The summed E-state index contributed by atoms with van der Waals surface area (Å²) in [4.78, 5) is 26.7. The molecule has 0 aromatic heterocycles. The summed E-state index contributed by atoms with van der Waals surface area (Å²) in [5.74, 6) is -0.387. The van der Waals surface area contributed by atoms with Crippen LogP contribution in [0.4, 0.5) is 0 Å². The van der Waals surface area contributed by atoms with Crippen LogP contribution in [0.5, 0.6) is 0 Å². The lowest BCUT2D eigenvalue weighted by molar-refractivity contribution is -0.160. The molecular formula is C41H73NO4. The predicted octanol–water partition coefficient (Wildman–Crippen LogP) is 11.6. The van der Waals surface area contributed by atoms with E-state index in [1.54, 1.807) is 0 Å². The molecule has 0 heterocycles. The molecule has 266 valence electrons. The van der Waals surface area contributed by atoms with Gasteiger partial charge in [-0.2, -0.15) is 0 Å². The van der Waals surface area contributed by atoms with Gasteiger partial charge in [0.15, 0.2) is 0 Å². The lowest BCUT2D eigenvalue weighted by Crippen LogP contribution is -2.34. The van der Waals surface area contributed by atoms with Gasteiger partial charge < -0.3 is 14.4 Å². The summed E-state index contributed by atoms with van der Waals surface area (Å²) in [5, 5.41) is 0. The number of allylic oxidation sites excluding steroid dienone is 8. The van der Waals surface area contributed by atoms with E-state index in [-0.39, 0.29) is 18.5 Å². The monoisotopic (exact) mass is 644 g/mol. The summed E-state index contributed by atoms with van der Waals surface area (Å²) >= 11 is 0. The van der Waals surface area contributed by atoms with E-state index < -0.39 is 6.10 Å². The third kappa shape index (κ3) is 34.7. The van der Waals surface area contributed by atoms with Crippen LogP contribution in [0.15, 0.2) is 48.6 Å². The van der Waals surface area contributed by atoms with Gasteiger partial charge in [0.1, 0.15) is 12.7 Å².